The van der Waals surface area contributed by atoms with Gasteiger partial charge in [0, 0.05) is 19.2 Å². The minimum absolute atomic E-state index is 0.0972. The van der Waals surface area contributed by atoms with Crippen molar-refractivity contribution in [3.05, 3.63) is 29.8 Å². The summed E-state index contributed by atoms with van der Waals surface area (Å²) < 4.78 is 32.8. The number of benzene rings is 1. The zero-order valence-corrected chi connectivity index (χ0v) is 14.2. The second-order valence-corrected chi connectivity index (χ2v) is 7.22. The molecule has 0 aliphatic carbocycles. The van der Waals surface area contributed by atoms with Gasteiger partial charge in [-0.05, 0) is 37.6 Å². The zero-order chi connectivity index (χ0) is 16.0. The van der Waals surface area contributed by atoms with E-state index in [2.05, 4.69) is 10.0 Å². The molecule has 0 amide bonds. The fourth-order valence-electron chi connectivity index (χ4n) is 1.93. The van der Waals surface area contributed by atoms with Crippen LogP contribution in [0.3, 0.4) is 0 Å². The molecule has 120 valence electrons. The lowest BCUT2D eigenvalue weighted by Crippen LogP contribution is -2.41. The first-order valence-electron chi connectivity index (χ1n) is 7.10. The van der Waals surface area contributed by atoms with Gasteiger partial charge in [-0.1, -0.05) is 26.0 Å². The van der Waals surface area contributed by atoms with Gasteiger partial charge >= 0.3 is 0 Å². The highest BCUT2D eigenvalue weighted by atomic mass is 32.2. The van der Waals surface area contributed by atoms with Gasteiger partial charge in [-0.3, -0.25) is 0 Å². The fourth-order valence-corrected chi connectivity index (χ4v) is 3.35. The lowest BCUT2D eigenvalue weighted by molar-refractivity contribution is 0.157. The van der Waals surface area contributed by atoms with Crippen molar-refractivity contribution in [2.24, 2.45) is 5.92 Å². The van der Waals surface area contributed by atoms with E-state index < -0.39 is 10.0 Å². The summed E-state index contributed by atoms with van der Waals surface area (Å²) in [6.07, 6.45) is 0. The predicted octanol–water partition coefficient (Wildman–Crippen LogP) is 1.92. The van der Waals surface area contributed by atoms with Crippen LogP contribution in [-0.4, -0.2) is 35.2 Å². The highest BCUT2D eigenvalue weighted by molar-refractivity contribution is 7.89. The molecule has 0 bridgehead atoms. The molecule has 0 saturated carbocycles. The largest absolute Gasteiger partial charge is 0.383 e. The maximum absolute atomic E-state index is 12.5. The fraction of sp³-hybridized carbons (Fsp3) is 0.600. The number of methoxy groups -OCH3 is 1. The Morgan fingerprint density at radius 3 is 2.43 bits per heavy atom. The Morgan fingerprint density at radius 1 is 1.24 bits per heavy atom. The molecule has 2 atom stereocenters. The smallest absolute Gasteiger partial charge is 0.240 e. The quantitative estimate of drug-likeness (QED) is 0.769. The van der Waals surface area contributed by atoms with Gasteiger partial charge in [-0.15, -0.1) is 0 Å². The van der Waals surface area contributed by atoms with Crippen LogP contribution in [0, 0.1) is 5.92 Å². The second kappa shape index (κ2) is 7.89. The van der Waals surface area contributed by atoms with E-state index in [0.717, 1.165) is 5.56 Å². The number of sulfonamides is 1. The minimum Gasteiger partial charge on any atom is -0.383 e. The molecule has 6 heteroatoms. The molecule has 2 N–H and O–H groups in total. The third-order valence-electron chi connectivity index (χ3n) is 3.56. The van der Waals surface area contributed by atoms with Gasteiger partial charge in [0.15, 0.2) is 0 Å². The van der Waals surface area contributed by atoms with E-state index in [1.807, 2.05) is 33.9 Å². The van der Waals surface area contributed by atoms with Gasteiger partial charge in [-0.25, -0.2) is 13.1 Å². The lowest BCUT2D eigenvalue weighted by atomic mass is 10.1. The molecule has 2 unspecified atom stereocenters. The summed E-state index contributed by atoms with van der Waals surface area (Å²) in [7, 11) is -0.136. The van der Waals surface area contributed by atoms with Crippen LogP contribution in [0.4, 0.5) is 0 Å². The molecule has 1 rings (SSSR count). The predicted molar refractivity (Wildman–Crippen MR) is 84.7 cm³/mol. The van der Waals surface area contributed by atoms with Crippen molar-refractivity contribution in [2.75, 3.05) is 20.8 Å². The summed E-state index contributed by atoms with van der Waals surface area (Å²) in [5.41, 5.74) is 0.938. The van der Waals surface area contributed by atoms with Gasteiger partial charge < -0.3 is 10.1 Å². The Morgan fingerprint density at radius 2 is 1.90 bits per heavy atom. The zero-order valence-electron chi connectivity index (χ0n) is 13.4. The average molecular weight is 314 g/mol. The number of hydrogen-bond acceptors (Lipinski definition) is 4. The molecule has 1 aromatic carbocycles. The van der Waals surface area contributed by atoms with Crippen molar-refractivity contribution >= 4 is 10.0 Å². The highest BCUT2D eigenvalue weighted by Crippen LogP contribution is 2.18. The lowest BCUT2D eigenvalue weighted by Gasteiger charge is -2.21. The molecule has 5 nitrogen and oxygen atoms in total. The normalized spacial score (nSPS) is 15.1. The molecule has 0 spiro atoms. The van der Waals surface area contributed by atoms with E-state index in [1.54, 1.807) is 25.3 Å². The van der Waals surface area contributed by atoms with Crippen LogP contribution in [-0.2, 0) is 14.8 Å². The van der Waals surface area contributed by atoms with Gasteiger partial charge in [0.05, 0.1) is 11.5 Å². The summed E-state index contributed by atoms with van der Waals surface area (Å²) in [4.78, 5) is 0.281. The molecule has 0 aliphatic rings. The maximum atomic E-state index is 12.5. The van der Waals surface area contributed by atoms with Crippen molar-refractivity contribution in [1.29, 1.82) is 0 Å². The Kier molecular flexibility index (Phi) is 6.80. The Balaban J connectivity index is 3.02. The van der Waals surface area contributed by atoms with Crippen LogP contribution in [0.1, 0.15) is 32.4 Å². The van der Waals surface area contributed by atoms with E-state index in [9.17, 15) is 8.42 Å². The van der Waals surface area contributed by atoms with Crippen LogP contribution in [0.5, 0.6) is 0 Å². The number of nitrogens with one attached hydrogen (secondary N) is 2. The molecule has 0 aromatic heterocycles. The second-order valence-electron chi connectivity index (χ2n) is 5.51. The van der Waals surface area contributed by atoms with Gasteiger partial charge in [0.25, 0.3) is 0 Å². The number of hydrogen-bond donors (Lipinski definition) is 2. The van der Waals surface area contributed by atoms with Crippen LogP contribution in [0.25, 0.3) is 0 Å². The third kappa shape index (κ3) is 5.07. The first-order chi connectivity index (χ1) is 9.81. The molecule has 0 radical (unpaired) electrons. The molecule has 0 saturated heterocycles. The average Bonchev–Trinajstić information content (AvgIpc) is 2.45. The molecule has 1 aromatic rings. The molecule has 0 heterocycles. The van der Waals surface area contributed by atoms with E-state index >= 15 is 0 Å². The monoisotopic (exact) mass is 314 g/mol. The molecule has 0 aliphatic heterocycles. The van der Waals surface area contributed by atoms with Crippen molar-refractivity contribution in [3.8, 4) is 0 Å². The van der Waals surface area contributed by atoms with Gasteiger partial charge in [0.2, 0.25) is 10.0 Å². The highest BCUT2D eigenvalue weighted by Gasteiger charge is 2.23. The van der Waals surface area contributed by atoms with Crippen molar-refractivity contribution in [3.63, 3.8) is 0 Å². The Bertz CT molecular complexity index is 544. The van der Waals surface area contributed by atoms with Crippen molar-refractivity contribution in [1.82, 2.24) is 10.0 Å². The van der Waals surface area contributed by atoms with E-state index in [0.29, 0.717) is 6.61 Å². The Labute approximate surface area is 128 Å². The third-order valence-corrected chi connectivity index (χ3v) is 5.05. The van der Waals surface area contributed by atoms with Gasteiger partial charge in [-0.2, -0.15) is 0 Å². The van der Waals surface area contributed by atoms with E-state index in [1.165, 1.54) is 0 Å². The molecule has 21 heavy (non-hydrogen) atoms. The Hall–Kier alpha value is -0.950. The summed E-state index contributed by atoms with van der Waals surface area (Å²) in [6, 6.07) is 6.84. The molecule has 0 fully saturated rings. The van der Waals surface area contributed by atoms with Gasteiger partial charge in [0.1, 0.15) is 0 Å². The minimum atomic E-state index is -3.55. The van der Waals surface area contributed by atoms with Crippen molar-refractivity contribution < 1.29 is 13.2 Å². The molecular weight excluding hydrogens is 288 g/mol. The first kappa shape index (κ1) is 18.1. The van der Waals surface area contributed by atoms with Crippen LogP contribution < -0.4 is 10.0 Å². The summed E-state index contributed by atoms with van der Waals surface area (Å²) in [6.45, 7) is 6.27. The molecular formula is C15H26N2O3S. The number of rotatable bonds is 8. The summed E-state index contributed by atoms with van der Waals surface area (Å²) in [5.74, 6) is 0.152. The van der Waals surface area contributed by atoms with E-state index in [-0.39, 0.29) is 22.9 Å². The van der Waals surface area contributed by atoms with Crippen LogP contribution in [0.15, 0.2) is 29.2 Å². The summed E-state index contributed by atoms with van der Waals surface area (Å²) >= 11 is 0. The first-order valence-corrected chi connectivity index (χ1v) is 8.58. The maximum Gasteiger partial charge on any atom is 0.240 e. The topological polar surface area (TPSA) is 67.4 Å². The van der Waals surface area contributed by atoms with Crippen molar-refractivity contribution in [2.45, 2.75) is 37.8 Å². The van der Waals surface area contributed by atoms with Crippen LogP contribution in [0.2, 0.25) is 0 Å². The van der Waals surface area contributed by atoms with E-state index in [4.69, 9.17) is 4.74 Å². The van der Waals surface area contributed by atoms with Crippen LogP contribution >= 0.6 is 0 Å². The standard InChI is InChI=1S/C15H26N2O3S/c1-11(2)15(10-20-5)17-21(18,19)14-8-6-7-13(9-14)12(3)16-4/h6-9,11-12,15-17H,10H2,1-5H3. The number of ether oxygens (including phenoxy) is 1. The SMILES string of the molecule is CNC(C)c1cccc(S(=O)(=O)NC(COC)C(C)C)c1. The summed E-state index contributed by atoms with van der Waals surface area (Å²) in [5, 5.41) is 3.10.